The zero-order valence-electron chi connectivity index (χ0n) is 27.5. The smallest absolute Gasteiger partial charge is 0.372 e. The number of amides is 2. The van der Waals surface area contributed by atoms with Crippen molar-refractivity contribution < 1.29 is 28.2 Å². The Morgan fingerprint density at radius 1 is 0.980 bits per heavy atom. The molecule has 2 aromatic carbocycles. The molecule has 258 valence electrons. The lowest BCUT2D eigenvalue weighted by atomic mass is 9.93. The minimum Gasteiger partial charge on any atom is -0.476 e. The number of carbonyl (C=O) groups excluding carboxylic acids is 3. The van der Waals surface area contributed by atoms with Crippen LogP contribution in [0.15, 0.2) is 59.7 Å². The van der Waals surface area contributed by atoms with Crippen LogP contribution in [-0.4, -0.2) is 39.2 Å². The predicted octanol–water partition coefficient (Wildman–Crippen LogP) is 10.0. The number of hydrogen-bond donors (Lipinski definition) is 0. The third-order valence-electron chi connectivity index (χ3n) is 7.86. The van der Waals surface area contributed by atoms with Crippen LogP contribution in [0, 0.1) is 18.2 Å². The molecule has 3 aromatic rings. The third-order valence-corrected chi connectivity index (χ3v) is 9.15. The van der Waals surface area contributed by atoms with E-state index in [4.69, 9.17) is 39.1 Å². The molecule has 0 radical (unpaired) electrons. The van der Waals surface area contributed by atoms with Crippen LogP contribution in [0.5, 0.6) is 11.5 Å². The molecule has 2 aliphatic rings. The number of ether oxygens (including phenoxy) is 2. The molecular formula is C37H38Cl2FN3O5S. The minimum atomic E-state index is -0.762. The lowest BCUT2D eigenvalue weighted by molar-refractivity contribution is -0.120. The Bertz CT molecular complexity index is 1700. The van der Waals surface area contributed by atoms with Gasteiger partial charge in [0, 0.05) is 34.6 Å². The molecule has 8 nitrogen and oxygen atoms in total. The Hall–Kier alpha value is -3.91. The van der Waals surface area contributed by atoms with Crippen LogP contribution >= 0.6 is 35.0 Å². The van der Waals surface area contributed by atoms with E-state index in [2.05, 4.69) is 23.0 Å². The second-order valence-electron chi connectivity index (χ2n) is 11.5. The zero-order chi connectivity index (χ0) is 35.3. The van der Waals surface area contributed by atoms with Gasteiger partial charge in [-0.3, -0.25) is 9.59 Å². The molecule has 1 atom stereocenters. The summed E-state index contributed by atoms with van der Waals surface area (Å²) in [5.41, 5.74) is 2.15. The lowest BCUT2D eigenvalue weighted by Crippen LogP contribution is -2.32. The van der Waals surface area contributed by atoms with E-state index in [-0.39, 0.29) is 26.9 Å². The van der Waals surface area contributed by atoms with Gasteiger partial charge in [-0.25, -0.2) is 14.1 Å². The Kier molecular flexibility index (Phi) is 14.5. The molecule has 2 heterocycles. The van der Waals surface area contributed by atoms with Crippen molar-refractivity contribution in [3.63, 3.8) is 0 Å². The fourth-order valence-corrected chi connectivity index (χ4v) is 6.34. The van der Waals surface area contributed by atoms with Crippen molar-refractivity contribution in [2.45, 2.75) is 84.2 Å². The van der Waals surface area contributed by atoms with E-state index in [1.165, 1.54) is 49.6 Å². The second kappa shape index (κ2) is 18.7. The Labute approximate surface area is 300 Å². The van der Waals surface area contributed by atoms with Gasteiger partial charge in [-0.15, -0.1) is 16.6 Å². The summed E-state index contributed by atoms with van der Waals surface area (Å²) in [4.78, 5) is 38.1. The highest BCUT2D eigenvalue weighted by molar-refractivity contribution is 8.13. The van der Waals surface area contributed by atoms with E-state index in [1.807, 2.05) is 30.3 Å². The van der Waals surface area contributed by atoms with Crippen molar-refractivity contribution in [1.29, 1.82) is 0 Å². The van der Waals surface area contributed by atoms with Gasteiger partial charge in [0.1, 0.15) is 17.3 Å². The predicted molar refractivity (Wildman–Crippen MR) is 193 cm³/mol. The van der Waals surface area contributed by atoms with E-state index in [1.54, 1.807) is 6.92 Å². The number of hydrogen-bond acceptors (Lipinski definition) is 8. The summed E-state index contributed by atoms with van der Waals surface area (Å²) in [5, 5.41) is 7.81. The van der Waals surface area contributed by atoms with E-state index in [0.29, 0.717) is 35.4 Å². The molecule has 0 fully saturated rings. The number of unbranched alkanes of at least 4 members (excludes halogenated alkanes) is 5. The summed E-state index contributed by atoms with van der Waals surface area (Å²) in [6.45, 7) is 3.83. The summed E-state index contributed by atoms with van der Waals surface area (Å²) in [6, 6.07) is 13.3. The van der Waals surface area contributed by atoms with Gasteiger partial charge >= 0.3 is 5.30 Å². The topological polar surface area (TPSA) is 98.7 Å². The highest BCUT2D eigenvalue weighted by Gasteiger charge is 2.41. The Balaban J connectivity index is 0.000000221. The Morgan fingerprint density at radius 2 is 1.63 bits per heavy atom. The molecule has 1 aromatic heterocycles. The molecule has 5 rings (SSSR count). The highest BCUT2D eigenvalue weighted by Crippen LogP contribution is 2.40. The maximum atomic E-state index is 14.4. The first kappa shape index (κ1) is 37.9. The molecule has 1 aliphatic carbocycles. The number of halogens is 3. The van der Waals surface area contributed by atoms with E-state index >= 15 is 0 Å². The van der Waals surface area contributed by atoms with Crippen molar-refractivity contribution in [3.05, 3.63) is 75.7 Å². The number of nitrogens with zero attached hydrogens (tertiary/aromatic N) is 3. The molecule has 12 heteroatoms. The number of imide groups is 1. The first-order chi connectivity index (χ1) is 23.6. The van der Waals surface area contributed by atoms with Crippen molar-refractivity contribution in [3.8, 4) is 35.1 Å². The number of thioether (sulfide) groups is 1. The van der Waals surface area contributed by atoms with Crippen LogP contribution in [-0.2, 0) is 9.59 Å². The molecule has 0 spiro atoms. The van der Waals surface area contributed by atoms with Gasteiger partial charge in [-0.1, -0.05) is 98.5 Å². The minimum absolute atomic E-state index is 0.0233. The van der Waals surface area contributed by atoms with Gasteiger partial charge in [0.25, 0.3) is 11.8 Å². The van der Waals surface area contributed by atoms with Gasteiger partial charge in [-0.2, -0.15) is 0 Å². The van der Waals surface area contributed by atoms with Gasteiger partial charge in [0.15, 0.2) is 17.0 Å². The van der Waals surface area contributed by atoms with Crippen LogP contribution < -0.4 is 14.4 Å². The van der Waals surface area contributed by atoms with Crippen LogP contribution in [0.25, 0.3) is 11.3 Å². The van der Waals surface area contributed by atoms with E-state index < -0.39 is 23.7 Å². The Morgan fingerprint density at radius 3 is 2.29 bits per heavy atom. The average molecular weight is 727 g/mol. The lowest BCUT2D eigenvalue weighted by Gasteiger charge is -2.19. The van der Waals surface area contributed by atoms with Gasteiger partial charge in [0.05, 0.1) is 10.7 Å². The first-order valence-electron chi connectivity index (χ1n) is 16.3. The maximum absolute atomic E-state index is 14.4. The number of carbonyl (C=O) groups is 3. The number of aromatic nitrogens is 2. The zero-order valence-corrected chi connectivity index (χ0v) is 29.8. The highest BCUT2D eigenvalue weighted by atomic mass is 35.5. The molecule has 0 saturated heterocycles. The normalized spacial score (nSPS) is 14.5. The van der Waals surface area contributed by atoms with Gasteiger partial charge < -0.3 is 9.47 Å². The summed E-state index contributed by atoms with van der Waals surface area (Å²) >= 11 is 13.1. The van der Waals surface area contributed by atoms with Crippen molar-refractivity contribution in [1.82, 2.24) is 10.2 Å². The van der Waals surface area contributed by atoms with Gasteiger partial charge in [-0.05, 0) is 56.9 Å². The van der Waals surface area contributed by atoms with Crippen LogP contribution in [0.4, 0.5) is 14.9 Å². The second-order valence-corrected chi connectivity index (χ2v) is 13.3. The molecule has 0 bridgehead atoms. The summed E-state index contributed by atoms with van der Waals surface area (Å²) in [7, 11) is 0. The molecule has 0 N–H and O–H groups in total. The molecule has 49 heavy (non-hydrogen) atoms. The SMILES string of the molecule is C#CC(C)Oc1cc(N2C(=O)C3=C(CCCC3)C2=O)c(F)cc1Cl.CCCCCCCCSC(=O)Oc1cc(Cl)nnc1-c1ccccc1. The largest absolute Gasteiger partial charge is 0.476 e. The summed E-state index contributed by atoms with van der Waals surface area (Å²) < 4.78 is 25.3. The van der Waals surface area contributed by atoms with Crippen molar-refractivity contribution in [2.24, 2.45) is 0 Å². The quantitative estimate of drug-likeness (QED) is 0.0788. The monoisotopic (exact) mass is 725 g/mol. The molecule has 1 aliphatic heterocycles. The first-order valence-corrected chi connectivity index (χ1v) is 18.0. The third kappa shape index (κ3) is 10.3. The maximum Gasteiger partial charge on any atom is 0.372 e. The molecule has 1 unspecified atom stereocenters. The fourth-order valence-electron chi connectivity index (χ4n) is 5.35. The van der Waals surface area contributed by atoms with Crippen molar-refractivity contribution in [2.75, 3.05) is 10.7 Å². The van der Waals surface area contributed by atoms with Crippen LogP contribution in [0.1, 0.15) is 78.1 Å². The summed E-state index contributed by atoms with van der Waals surface area (Å²) in [5.74, 6) is 1.91. The van der Waals surface area contributed by atoms with Crippen molar-refractivity contribution >= 4 is 57.8 Å². The van der Waals surface area contributed by atoms with Crippen LogP contribution in [0.2, 0.25) is 10.2 Å². The molecular weight excluding hydrogens is 688 g/mol. The van der Waals surface area contributed by atoms with E-state index in [0.717, 1.165) is 48.0 Å². The number of anilines is 1. The van der Waals surface area contributed by atoms with E-state index in [9.17, 15) is 18.8 Å². The average Bonchev–Trinajstić information content (AvgIpc) is 3.35. The number of benzene rings is 2. The number of terminal acetylenes is 1. The standard InChI is InChI=1S/C19H23ClN2O2S.C18H15ClFNO3/c1-2-3-4-5-6-10-13-25-19(23)24-16-14-17(20)21-22-18(16)15-11-8-7-9-12-15;1-3-10(2)24-16-9-15(14(20)8-13(16)19)21-17(22)11-6-4-5-7-12(11)18(21)23/h7-9,11-12,14H,2-6,10,13H2,1H3;1,8-10H,4-7H2,2H3. The molecule has 2 amide bonds. The van der Waals surface area contributed by atoms with Gasteiger partial charge in [0.2, 0.25) is 0 Å². The van der Waals surface area contributed by atoms with Crippen LogP contribution in [0.3, 0.4) is 0 Å². The molecule has 0 saturated carbocycles. The number of rotatable bonds is 12. The summed E-state index contributed by atoms with van der Waals surface area (Å²) in [6.07, 6.45) is 14.7. The fraction of sp³-hybridized carbons (Fsp3) is 0.378.